The van der Waals surface area contributed by atoms with E-state index in [1.807, 2.05) is 30.7 Å². The Balaban J connectivity index is 1.17. The molecule has 1 aliphatic heterocycles. The molecule has 0 spiro atoms. The summed E-state index contributed by atoms with van der Waals surface area (Å²) < 4.78 is 19.2. The van der Waals surface area contributed by atoms with Gasteiger partial charge in [-0.15, -0.1) is 0 Å². The van der Waals surface area contributed by atoms with Crippen molar-refractivity contribution in [3.63, 3.8) is 0 Å². The summed E-state index contributed by atoms with van der Waals surface area (Å²) in [7, 11) is 1.88. The zero-order chi connectivity index (χ0) is 40.0. The highest BCUT2D eigenvalue weighted by Crippen LogP contribution is 2.30. The van der Waals surface area contributed by atoms with E-state index in [9.17, 15) is 14.4 Å². The lowest BCUT2D eigenvalue weighted by Gasteiger charge is -2.25. The fourth-order valence-electron chi connectivity index (χ4n) is 6.75. The Labute approximate surface area is 340 Å². The first kappa shape index (κ1) is 44.4. The summed E-state index contributed by atoms with van der Waals surface area (Å²) in [5.41, 5.74) is 2.94. The topological polar surface area (TPSA) is 150 Å². The zero-order valence-corrected chi connectivity index (χ0v) is 35.0. The lowest BCUT2D eigenvalue weighted by molar-refractivity contribution is -0.162. The smallest absolute Gasteiger partial charge is 0.419 e. The number of allylic oxidation sites excluding steroid dienone is 2. The first-order valence-electron chi connectivity index (χ1n) is 20.4. The van der Waals surface area contributed by atoms with Gasteiger partial charge >= 0.3 is 18.0 Å². The van der Waals surface area contributed by atoms with Gasteiger partial charge < -0.3 is 24.1 Å². The van der Waals surface area contributed by atoms with E-state index >= 15 is 0 Å². The molecule has 2 atom stereocenters. The molecule has 0 aliphatic carbocycles. The van der Waals surface area contributed by atoms with Crippen molar-refractivity contribution >= 4 is 56.6 Å². The number of ether oxygens (including phenoxy) is 3. The maximum Gasteiger partial charge on any atom is 0.419 e. The number of carbonyl (C=O) groups is 3. The van der Waals surface area contributed by atoms with E-state index in [1.165, 1.54) is 56.3 Å². The number of aliphatic imine (C=N–C) groups is 1. The minimum absolute atomic E-state index is 0.0671. The minimum Gasteiger partial charge on any atom is -0.465 e. The van der Waals surface area contributed by atoms with Crippen LogP contribution >= 0.6 is 15.9 Å². The van der Waals surface area contributed by atoms with E-state index in [0.717, 1.165) is 43.3 Å². The number of nitrogens with zero attached hydrogens (tertiary/aromatic N) is 6. The molecule has 0 saturated heterocycles. The van der Waals surface area contributed by atoms with Gasteiger partial charge in [-0.3, -0.25) is 24.5 Å². The second-order valence-electron chi connectivity index (χ2n) is 14.3. The largest absolute Gasteiger partial charge is 0.465 e. The van der Waals surface area contributed by atoms with Gasteiger partial charge in [0.2, 0.25) is 12.8 Å². The molecule has 0 saturated carbocycles. The number of hydrogen-bond acceptors (Lipinski definition) is 11. The number of guanidine groups is 1. The van der Waals surface area contributed by atoms with Crippen LogP contribution in [0, 0.1) is 11.8 Å². The fourth-order valence-corrected chi connectivity index (χ4v) is 7.28. The molecule has 56 heavy (non-hydrogen) atoms. The van der Waals surface area contributed by atoms with Crippen LogP contribution in [0.25, 0.3) is 11.0 Å². The third-order valence-electron chi connectivity index (χ3n) is 10.1. The van der Waals surface area contributed by atoms with Gasteiger partial charge in [0.1, 0.15) is 5.52 Å². The standard InChI is InChI=1S/C42H60BrN7O6/c1-4-6-7-8-9-10-11-12-13-14-15-16-17-18-19-20-37(51)54-29-32(27-33-28-44-30-49(33)3)34(5-2)40(52)55-31-56-42(53)50-26-25-47-41(50)48-35-21-22-36-39(38(35)43)46-24-23-45-36/h12-13,21-24,28,30,32,34H,4-11,14-20,25-27,29,31H2,1-3H3,(H,47,48)/b13-12-/t32?,34-/m0/s1. The number of esters is 2. The SMILES string of the molecule is CCCCCCCC/C=C\CCCCCCCC(=O)OCC(Cc1cncn1C)[C@H](CC)C(=O)OCOC(=O)N1CCN=C1Nc1ccc2nccnc2c1Br. The number of unbranched alkanes of at least 4 members (excludes halogenated alkanes) is 11. The van der Waals surface area contributed by atoms with Crippen molar-refractivity contribution in [3.8, 4) is 0 Å². The fraction of sp³-hybridized carbons (Fsp3) is 0.595. The van der Waals surface area contributed by atoms with Crippen molar-refractivity contribution in [1.82, 2.24) is 24.4 Å². The Morgan fingerprint density at radius 3 is 2.34 bits per heavy atom. The van der Waals surface area contributed by atoms with Crippen LogP contribution in [0.4, 0.5) is 10.5 Å². The molecule has 1 unspecified atom stereocenters. The number of imidazole rings is 1. The molecule has 1 N–H and O–H groups in total. The van der Waals surface area contributed by atoms with E-state index in [4.69, 9.17) is 14.2 Å². The first-order chi connectivity index (χ1) is 27.3. The summed E-state index contributed by atoms with van der Waals surface area (Å²) >= 11 is 3.57. The Morgan fingerprint density at radius 2 is 1.62 bits per heavy atom. The minimum atomic E-state index is -0.706. The normalized spacial score (nSPS) is 13.9. The van der Waals surface area contributed by atoms with Crippen LogP contribution in [0.1, 0.15) is 116 Å². The average molecular weight is 839 g/mol. The van der Waals surface area contributed by atoms with Crippen molar-refractivity contribution in [1.29, 1.82) is 0 Å². The van der Waals surface area contributed by atoms with Crippen molar-refractivity contribution in [2.75, 3.05) is 31.8 Å². The summed E-state index contributed by atoms with van der Waals surface area (Å²) in [6.07, 6.45) is 27.3. The molecule has 3 aromatic rings. The van der Waals surface area contributed by atoms with Gasteiger partial charge in [-0.25, -0.2) is 14.7 Å². The Bertz CT molecular complexity index is 1730. The number of rotatable bonds is 25. The van der Waals surface area contributed by atoms with Crippen molar-refractivity contribution in [3.05, 3.63) is 59.4 Å². The highest BCUT2D eigenvalue weighted by molar-refractivity contribution is 9.10. The number of anilines is 1. The number of aryl methyl sites for hydroxylation is 1. The summed E-state index contributed by atoms with van der Waals surface area (Å²) in [6.45, 7) is 4.31. The van der Waals surface area contributed by atoms with Crippen molar-refractivity contribution < 1.29 is 28.6 Å². The van der Waals surface area contributed by atoms with Crippen LogP contribution in [-0.2, 0) is 37.3 Å². The maximum absolute atomic E-state index is 13.4. The predicted octanol–water partition coefficient (Wildman–Crippen LogP) is 9.31. The van der Waals surface area contributed by atoms with E-state index in [2.05, 4.69) is 60.3 Å². The lowest BCUT2D eigenvalue weighted by atomic mass is 9.87. The second-order valence-corrected chi connectivity index (χ2v) is 15.1. The van der Waals surface area contributed by atoms with Gasteiger partial charge in [-0.2, -0.15) is 0 Å². The third kappa shape index (κ3) is 14.6. The number of halogens is 1. The average Bonchev–Trinajstić information content (AvgIpc) is 3.84. The van der Waals surface area contributed by atoms with Crippen LogP contribution in [0.15, 0.2) is 58.7 Å². The summed E-state index contributed by atoms with van der Waals surface area (Å²) in [4.78, 5) is 57.9. The summed E-state index contributed by atoms with van der Waals surface area (Å²) in [5, 5.41) is 3.16. The van der Waals surface area contributed by atoms with Crippen LogP contribution in [0.3, 0.4) is 0 Å². The van der Waals surface area contributed by atoms with Gasteiger partial charge in [0.05, 0.1) is 47.6 Å². The summed E-state index contributed by atoms with van der Waals surface area (Å²) in [6, 6.07) is 3.64. The van der Waals surface area contributed by atoms with E-state index in [-0.39, 0.29) is 18.5 Å². The first-order valence-corrected chi connectivity index (χ1v) is 21.2. The number of fused-ring (bicyclic) bond motifs is 1. The molecular formula is C42H60BrN7O6. The van der Waals surface area contributed by atoms with Crippen LogP contribution < -0.4 is 5.32 Å². The predicted molar refractivity (Wildman–Crippen MR) is 222 cm³/mol. The van der Waals surface area contributed by atoms with Crippen molar-refractivity contribution in [2.45, 2.75) is 117 Å². The van der Waals surface area contributed by atoms with Gasteiger partial charge in [0.25, 0.3) is 0 Å². The van der Waals surface area contributed by atoms with Gasteiger partial charge in [-0.05, 0) is 73.0 Å². The molecule has 0 radical (unpaired) electrons. The quantitative estimate of drug-likeness (QED) is 0.0379. The number of benzene rings is 1. The molecule has 13 nitrogen and oxygen atoms in total. The molecule has 0 fully saturated rings. The number of amides is 1. The lowest BCUT2D eigenvalue weighted by Crippen LogP contribution is -2.39. The zero-order valence-electron chi connectivity index (χ0n) is 33.4. The van der Waals surface area contributed by atoms with Crippen LogP contribution in [0.2, 0.25) is 0 Å². The molecule has 1 aromatic carbocycles. The summed E-state index contributed by atoms with van der Waals surface area (Å²) in [5.74, 6) is -1.46. The second kappa shape index (κ2) is 25.0. The van der Waals surface area contributed by atoms with Gasteiger partial charge in [-0.1, -0.05) is 77.4 Å². The Hall–Kier alpha value is -4.33. The van der Waals surface area contributed by atoms with E-state index in [0.29, 0.717) is 54.0 Å². The molecule has 4 rings (SSSR count). The molecule has 1 aliphatic rings. The number of nitrogens with one attached hydrogen (secondary N) is 1. The van der Waals surface area contributed by atoms with Crippen LogP contribution in [-0.4, -0.2) is 74.9 Å². The van der Waals surface area contributed by atoms with Gasteiger partial charge in [0.15, 0.2) is 0 Å². The molecular weight excluding hydrogens is 778 g/mol. The maximum atomic E-state index is 13.4. The highest BCUT2D eigenvalue weighted by Gasteiger charge is 2.32. The molecule has 14 heteroatoms. The van der Waals surface area contributed by atoms with Gasteiger partial charge in [0, 0.05) is 43.7 Å². The molecule has 3 heterocycles. The van der Waals surface area contributed by atoms with Crippen LogP contribution in [0.5, 0.6) is 0 Å². The molecule has 1 amide bonds. The van der Waals surface area contributed by atoms with E-state index in [1.54, 1.807) is 24.9 Å². The monoisotopic (exact) mass is 837 g/mol. The third-order valence-corrected chi connectivity index (χ3v) is 10.9. The number of aromatic nitrogens is 4. The molecule has 306 valence electrons. The Kier molecular flexibility index (Phi) is 19.8. The molecule has 2 aromatic heterocycles. The molecule has 0 bridgehead atoms. The number of hydrogen-bond donors (Lipinski definition) is 1. The van der Waals surface area contributed by atoms with Crippen molar-refractivity contribution in [2.24, 2.45) is 23.9 Å². The van der Waals surface area contributed by atoms with E-state index < -0.39 is 24.8 Å². The number of carbonyl (C=O) groups excluding carboxylic acids is 3. The Morgan fingerprint density at radius 1 is 0.911 bits per heavy atom. The highest BCUT2D eigenvalue weighted by atomic mass is 79.9.